The first-order valence-electron chi connectivity index (χ1n) is 8.95. The van der Waals surface area contributed by atoms with Crippen LogP contribution >= 0.6 is 0 Å². The molecule has 0 saturated carbocycles. The second-order valence-electron chi connectivity index (χ2n) is 6.16. The number of para-hydroxylation sites is 1. The molecule has 4 rings (SSSR count). The van der Waals surface area contributed by atoms with Crippen LogP contribution in [0, 0.1) is 0 Å². The molecule has 2 heterocycles. The van der Waals surface area contributed by atoms with Gasteiger partial charge < -0.3 is 10.1 Å². The van der Waals surface area contributed by atoms with Crippen molar-refractivity contribution in [3.63, 3.8) is 0 Å². The number of fused-ring (bicyclic) bond motifs is 1. The van der Waals surface area contributed by atoms with E-state index in [1.807, 2.05) is 49.5 Å². The maximum Gasteiger partial charge on any atom is 0.340 e. The number of carbonyl (C=O) groups excluding carboxylic acids is 1. The van der Waals surface area contributed by atoms with Gasteiger partial charge in [-0.3, -0.25) is 4.68 Å². The number of nitrogens with zero attached hydrogens (tertiary/aromatic N) is 4. The summed E-state index contributed by atoms with van der Waals surface area (Å²) in [5.41, 5.74) is 2.65. The van der Waals surface area contributed by atoms with E-state index in [0.717, 1.165) is 10.9 Å². The van der Waals surface area contributed by atoms with Gasteiger partial charge >= 0.3 is 5.97 Å². The number of nitrogens with one attached hydrogen (secondary N) is 1. The third kappa shape index (κ3) is 3.29. The minimum atomic E-state index is -0.384. The number of ether oxygens (including phenoxy) is 1. The van der Waals surface area contributed by atoms with Gasteiger partial charge in [0.05, 0.1) is 29.4 Å². The number of aryl methyl sites for hydroxylation is 1. The third-order valence-corrected chi connectivity index (χ3v) is 4.30. The van der Waals surface area contributed by atoms with Crippen LogP contribution in [0.4, 0.5) is 11.5 Å². The van der Waals surface area contributed by atoms with Gasteiger partial charge in [-0.25, -0.2) is 14.8 Å². The summed E-state index contributed by atoms with van der Waals surface area (Å²) >= 11 is 0. The van der Waals surface area contributed by atoms with Crippen molar-refractivity contribution >= 4 is 28.5 Å². The average Bonchev–Trinajstić information content (AvgIpc) is 3.10. The second-order valence-corrected chi connectivity index (χ2v) is 6.16. The largest absolute Gasteiger partial charge is 0.462 e. The van der Waals surface area contributed by atoms with Crippen LogP contribution < -0.4 is 5.32 Å². The molecule has 0 fully saturated rings. The number of benzene rings is 2. The van der Waals surface area contributed by atoms with Gasteiger partial charge in [-0.05, 0) is 19.1 Å². The van der Waals surface area contributed by atoms with E-state index in [-0.39, 0.29) is 5.97 Å². The summed E-state index contributed by atoms with van der Waals surface area (Å²) in [5, 5.41) is 8.34. The molecule has 28 heavy (non-hydrogen) atoms. The smallest absolute Gasteiger partial charge is 0.340 e. The van der Waals surface area contributed by atoms with Crippen LogP contribution in [0.5, 0.6) is 0 Å². The zero-order chi connectivity index (χ0) is 19.5. The molecule has 0 aliphatic rings. The molecule has 0 unspecified atom stereocenters. The summed E-state index contributed by atoms with van der Waals surface area (Å²) in [6.45, 7) is 2.09. The predicted molar refractivity (Wildman–Crippen MR) is 107 cm³/mol. The Kier molecular flexibility index (Phi) is 4.72. The quantitative estimate of drug-likeness (QED) is 0.534. The molecular formula is C21H19N5O2. The topological polar surface area (TPSA) is 81.9 Å². The number of esters is 1. The Balaban J connectivity index is 1.83. The predicted octanol–water partition coefficient (Wildman–Crippen LogP) is 3.95. The fourth-order valence-electron chi connectivity index (χ4n) is 2.94. The van der Waals surface area contributed by atoms with Gasteiger partial charge in [-0.15, -0.1) is 0 Å². The Morgan fingerprint density at radius 2 is 1.82 bits per heavy atom. The van der Waals surface area contributed by atoms with Crippen LogP contribution in [-0.2, 0) is 11.8 Å². The van der Waals surface area contributed by atoms with E-state index in [9.17, 15) is 4.79 Å². The van der Waals surface area contributed by atoms with Crippen LogP contribution in [0.1, 0.15) is 17.3 Å². The Labute approximate surface area is 162 Å². The summed E-state index contributed by atoms with van der Waals surface area (Å²) in [5.74, 6) is 0.770. The lowest BCUT2D eigenvalue weighted by Gasteiger charge is -2.12. The number of carbonyl (C=O) groups is 1. The number of hydrogen-bond donors (Lipinski definition) is 1. The van der Waals surface area contributed by atoms with Crippen LogP contribution in [0.15, 0.2) is 60.8 Å². The van der Waals surface area contributed by atoms with Crippen LogP contribution in [0.2, 0.25) is 0 Å². The molecule has 0 aliphatic heterocycles. The Hall–Kier alpha value is -3.74. The maximum absolute atomic E-state index is 12.3. The number of aromatic nitrogens is 4. The maximum atomic E-state index is 12.3. The molecule has 7 heteroatoms. The van der Waals surface area contributed by atoms with Gasteiger partial charge in [-0.2, -0.15) is 5.10 Å². The van der Waals surface area contributed by atoms with Crippen molar-refractivity contribution < 1.29 is 9.53 Å². The molecule has 4 aromatic rings. The highest BCUT2D eigenvalue weighted by Gasteiger charge is 2.16. The average molecular weight is 373 g/mol. The lowest BCUT2D eigenvalue weighted by atomic mass is 10.1. The first-order valence-corrected chi connectivity index (χ1v) is 8.95. The van der Waals surface area contributed by atoms with Crippen LogP contribution in [0.3, 0.4) is 0 Å². The van der Waals surface area contributed by atoms with Crippen molar-refractivity contribution in [1.82, 2.24) is 19.7 Å². The van der Waals surface area contributed by atoms with E-state index in [0.29, 0.717) is 35.1 Å². The fraction of sp³-hybridized carbons (Fsp3) is 0.143. The zero-order valence-corrected chi connectivity index (χ0v) is 15.6. The summed E-state index contributed by atoms with van der Waals surface area (Å²) in [6, 6.07) is 16.9. The second kappa shape index (κ2) is 7.48. The van der Waals surface area contributed by atoms with Gasteiger partial charge in [0.25, 0.3) is 0 Å². The van der Waals surface area contributed by atoms with E-state index < -0.39 is 0 Å². The van der Waals surface area contributed by atoms with Crippen LogP contribution in [0.25, 0.3) is 22.4 Å². The summed E-state index contributed by atoms with van der Waals surface area (Å²) in [6.07, 6.45) is 1.71. The molecule has 0 spiro atoms. The van der Waals surface area contributed by atoms with E-state index in [4.69, 9.17) is 9.72 Å². The minimum Gasteiger partial charge on any atom is -0.462 e. The Bertz CT molecular complexity index is 1140. The monoisotopic (exact) mass is 373 g/mol. The van der Waals surface area contributed by atoms with Gasteiger partial charge in [0.2, 0.25) is 0 Å². The van der Waals surface area contributed by atoms with E-state index >= 15 is 0 Å². The summed E-state index contributed by atoms with van der Waals surface area (Å²) < 4.78 is 6.86. The number of anilines is 2. The molecule has 7 nitrogen and oxygen atoms in total. The highest BCUT2D eigenvalue weighted by atomic mass is 16.5. The summed E-state index contributed by atoms with van der Waals surface area (Å²) in [4.78, 5) is 21.7. The van der Waals surface area contributed by atoms with Crippen LogP contribution in [-0.4, -0.2) is 32.3 Å². The standard InChI is InChI=1S/C21H19N5O2/c1-3-28-21(27)15-11-7-8-12-17(15)23-19-16-13-22-26(2)20(16)25-18(24-19)14-9-5-4-6-10-14/h4-13H,3H2,1-2H3,(H,23,24,25). The van der Waals surface area contributed by atoms with E-state index in [1.165, 1.54) is 0 Å². The molecule has 0 amide bonds. The lowest BCUT2D eigenvalue weighted by Crippen LogP contribution is -2.08. The fourth-order valence-corrected chi connectivity index (χ4v) is 2.94. The number of rotatable bonds is 5. The van der Waals surface area contributed by atoms with Crippen molar-refractivity contribution in [2.75, 3.05) is 11.9 Å². The Morgan fingerprint density at radius 3 is 2.61 bits per heavy atom. The van der Waals surface area contributed by atoms with Crippen molar-refractivity contribution in [2.24, 2.45) is 7.05 Å². The highest BCUT2D eigenvalue weighted by Crippen LogP contribution is 2.28. The lowest BCUT2D eigenvalue weighted by molar-refractivity contribution is 0.0527. The highest BCUT2D eigenvalue weighted by molar-refractivity contribution is 5.98. The van der Waals surface area contributed by atoms with Crippen molar-refractivity contribution in [3.8, 4) is 11.4 Å². The SMILES string of the molecule is CCOC(=O)c1ccccc1Nc1nc(-c2ccccc2)nc2c1cnn2C. The first kappa shape index (κ1) is 17.7. The minimum absolute atomic E-state index is 0.311. The molecule has 0 aliphatic carbocycles. The first-order chi connectivity index (χ1) is 13.7. The van der Waals surface area contributed by atoms with Crippen molar-refractivity contribution in [1.29, 1.82) is 0 Å². The third-order valence-electron chi connectivity index (χ3n) is 4.30. The molecule has 0 radical (unpaired) electrons. The molecule has 0 bridgehead atoms. The van der Waals surface area contributed by atoms with Crippen molar-refractivity contribution in [2.45, 2.75) is 6.92 Å². The molecule has 140 valence electrons. The Morgan fingerprint density at radius 1 is 1.07 bits per heavy atom. The van der Waals surface area contributed by atoms with E-state index in [2.05, 4.69) is 15.4 Å². The molecule has 2 aromatic carbocycles. The van der Waals surface area contributed by atoms with Gasteiger partial charge in [0.15, 0.2) is 11.5 Å². The number of hydrogen-bond acceptors (Lipinski definition) is 6. The van der Waals surface area contributed by atoms with Gasteiger partial charge in [0.1, 0.15) is 5.82 Å². The van der Waals surface area contributed by atoms with Gasteiger partial charge in [0, 0.05) is 12.6 Å². The molecule has 0 atom stereocenters. The molecule has 1 N–H and O–H groups in total. The zero-order valence-electron chi connectivity index (χ0n) is 15.6. The van der Waals surface area contributed by atoms with E-state index in [1.54, 1.807) is 29.9 Å². The van der Waals surface area contributed by atoms with Gasteiger partial charge in [-0.1, -0.05) is 42.5 Å². The van der Waals surface area contributed by atoms with Crippen molar-refractivity contribution in [3.05, 3.63) is 66.4 Å². The molecular weight excluding hydrogens is 354 g/mol. The summed E-state index contributed by atoms with van der Waals surface area (Å²) in [7, 11) is 1.83. The normalized spacial score (nSPS) is 10.8. The molecule has 0 saturated heterocycles. The molecule has 2 aromatic heterocycles.